The maximum Gasteiger partial charge on any atom is 0.128 e. The standard InChI is InChI=1S/C13H20N2/c1-10(2)15(11(3)4)13(14)12-8-6-5-7-9-12/h5-11,14H,1-4H3. The third-order valence-electron chi connectivity index (χ3n) is 2.42. The Bertz CT molecular complexity index is 307. The van der Waals surface area contributed by atoms with Crippen molar-refractivity contribution in [2.45, 2.75) is 39.8 Å². The Labute approximate surface area is 92.4 Å². The smallest absolute Gasteiger partial charge is 0.128 e. The minimum absolute atomic E-state index is 0.359. The molecule has 15 heavy (non-hydrogen) atoms. The molecule has 0 saturated heterocycles. The van der Waals surface area contributed by atoms with Gasteiger partial charge in [-0.25, -0.2) is 0 Å². The summed E-state index contributed by atoms with van der Waals surface area (Å²) < 4.78 is 0. The molecule has 0 bridgehead atoms. The Hall–Kier alpha value is -1.31. The molecule has 0 unspecified atom stereocenters. The van der Waals surface area contributed by atoms with Gasteiger partial charge in [-0.15, -0.1) is 0 Å². The summed E-state index contributed by atoms with van der Waals surface area (Å²) in [5.41, 5.74) is 0.986. The topological polar surface area (TPSA) is 27.1 Å². The molecule has 0 heterocycles. The van der Waals surface area contributed by atoms with E-state index in [0.29, 0.717) is 17.9 Å². The highest BCUT2D eigenvalue weighted by Crippen LogP contribution is 2.11. The summed E-state index contributed by atoms with van der Waals surface area (Å²) >= 11 is 0. The van der Waals surface area contributed by atoms with Gasteiger partial charge >= 0.3 is 0 Å². The first-order valence-electron chi connectivity index (χ1n) is 5.46. The van der Waals surface area contributed by atoms with Gasteiger partial charge in [0.15, 0.2) is 0 Å². The van der Waals surface area contributed by atoms with E-state index in [1.54, 1.807) is 0 Å². The Balaban J connectivity index is 2.92. The Morgan fingerprint density at radius 3 is 1.87 bits per heavy atom. The van der Waals surface area contributed by atoms with E-state index < -0.39 is 0 Å². The van der Waals surface area contributed by atoms with Crippen LogP contribution in [0.25, 0.3) is 0 Å². The lowest BCUT2D eigenvalue weighted by atomic mass is 10.1. The van der Waals surface area contributed by atoms with Crippen LogP contribution in [0.4, 0.5) is 0 Å². The van der Waals surface area contributed by atoms with Crippen molar-refractivity contribution in [3.63, 3.8) is 0 Å². The molecule has 1 aromatic rings. The largest absolute Gasteiger partial charge is 0.352 e. The number of rotatable bonds is 3. The van der Waals surface area contributed by atoms with Gasteiger partial charge in [0.25, 0.3) is 0 Å². The number of benzene rings is 1. The molecule has 0 spiro atoms. The van der Waals surface area contributed by atoms with Crippen molar-refractivity contribution in [1.29, 1.82) is 5.41 Å². The average Bonchev–Trinajstić information content (AvgIpc) is 2.18. The molecule has 1 rings (SSSR count). The molecule has 0 atom stereocenters. The molecule has 0 aliphatic heterocycles. The van der Waals surface area contributed by atoms with Gasteiger partial charge in [0, 0.05) is 17.6 Å². The van der Waals surface area contributed by atoms with Crippen molar-refractivity contribution < 1.29 is 0 Å². The highest BCUT2D eigenvalue weighted by molar-refractivity contribution is 5.96. The summed E-state index contributed by atoms with van der Waals surface area (Å²) in [6.45, 7) is 8.49. The number of nitrogens with one attached hydrogen (secondary N) is 1. The van der Waals surface area contributed by atoms with Crippen LogP contribution in [0.15, 0.2) is 30.3 Å². The monoisotopic (exact) mass is 204 g/mol. The van der Waals surface area contributed by atoms with Crippen LogP contribution in [0.1, 0.15) is 33.3 Å². The van der Waals surface area contributed by atoms with Crippen LogP contribution in [-0.4, -0.2) is 22.8 Å². The molecule has 0 radical (unpaired) electrons. The second-order valence-electron chi connectivity index (χ2n) is 4.31. The minimum Gasteiger partial charge on any atom is -0.352 e. The molecular formula is C13H20N2. The van der Waals surface area contributed by atoms with Gasteiger partial charge < -0.3 is 4.90 Å². The van der Waals surface area contributed by atoms with Gasteiger partial charge in [-0.3, -0.25) is 5.41 Å². The molecule has 0 amide bonds. The SMILES string of the molecule is CC(C)N(C(=N)c1ccccc1)C(C)C. The van der Waals surface area contributed by atoms with E-state index in [4.69, 9.17) is 5.41 Å². The van der Waals surface area contributed by atoms with Crippen molar-refractivity contribution in [2.75, 3.05) is 0 Å². The molecule has 0 aliphatic carbocycles. The van der Waals surface area contributed by atoms with Gasteiger partial charge in [0.05, 0.1) is 0 Å². The van der Waals surface area contributed by atoms with Crippen molar-refractivity contribution in [1.82, 2.24) is 4.90 Å². The quantitative estimate of drug-likeness (QED) is 0.594. The van der Waals surface area contributed by atoms with Crippen LogP contribution < -0.4 is 0 Å². The van der Waals surface area contributed by atoms with Gasteiger partial charge in [-0.05, 0) is 27.7 Å². The molecule has 0 aromatic heterocycles. The molecule has 0 aliphatic rings. The zero-order chi connectivity index (χ0) is 11.4. The predicted octanol–water partition coefficient (Wildman–Crippen LogP) is 3.13. The van der Waals surface area contributed by atoms with Gasteiger partial charge in [0.1, 0.15) is 5.84 Å². The van der Waals surface area contributed by atoms with E-state index >= 15 is 0 Å². The second-order valence-corrected chi connectivity index (χ2v) is 4.31. The van der Waals surface area contributed by atoms with Crippen molar-refractivity contribution >= 4 is 5.84 Å². The van der Waals surface area contributed by atoms with E-state index in [1.165, 1.54) is 0 Å². The fraction of sp³-hybridized carbons (Fsp3) is 0.462. The van der Waals surface area contributed by atoms with E-state index in [1.807, 2.05) is 30.3 Å². The number of nitrogens with zero attached hydrogens (tertiary/aromatic N) is 1. The van der Waals surface area contributed by atoms with E-state index in [-0.39, 0.29) is 0 Å². The summed E-state index contributed by atoms with van der Waals surface area (Å²) in [4.78, 5) is 2.12. The maximum atomic E-state index is 8.17. The first kappa shape index (κ1) is 11.8. The van der Waals surface area contributed by atoms with Crippen molar-refractivity contribution in [2.24, 2.45) is 0 Å². The Kier molecular flexibility index (Phi) is 3.89. The van der Waals surface area contributed by atoms with E-state index in [2.05, 4.69) is 32.6 Å². The van der Waals surface area contributed by atoms with Crippen LogP contribution in [0, 0.1) is 5.41 Å². The molecule has 2 nitrogen and oxygen atoms in total. The average molecular weight is 204 g/mol. The zero-order valence-corrected chi connectivity index (χ0v) is 9.99. The zero-order valence-electron chi connectivity index (χ0n) is 9.99. The fourth-order valence-corrected chi connectivity index (χ4v) is 1.86. The van der Waals surface area contributed by atoms with Gasteiger partial charge in [0.2, 0.25) is 0 Å². The third-order valence-corrected chi connectivity index (χ3v) is 2.42. The maximum absolute atomic E-state index is 8.17. The lowest BCUT2D eigenvalue weighted by molar-refractivity contribution is 0.291. The normalized spacial score (nSPS) is 10.8. The summed E-state index contributed by atoms with van der Waals surface area (Å²) in [5.74, 6) is 0.612. The molecule has 1 N–H and O–H groups in total. The Morgan fingerprint density at radius 1 is 1.00 bits per heavy atom. The molecular weight excluding hydrogens is 184 g/mol. The molecule has 82 valence electrons. The lowest BCUT2D eigenvalue weighted by Crippen LogP contribution is -2.42. The summed E-state index contributed by atoms with van der Waals surface area (Å²) in [5, 5.41) is 8.17. The first-order chi connectivity index (χ1) is 7.04. The van der Waals surface area contributed by atoms with Gasteiger partial charge in [-0.2, -0.15) is 0 Å². The van der Waals surface area contributed by atoms with Gasteiger partial charge in [-0.1, -0.05) is 30.3 Å². The summed E-state index contributed by atoms with van der Waals surface area (Å²) in [6, 6.07) is 10.6. The molecule has 2 heteroatoms. The van der Waals surface area contributed by atoms with Crippen molar-refractivity contribution in [3.05, 3.63) is 35.9 Å². The Morgan fingerprint density at radius 2 is 1.47 bits per heavy atom. The first-order valence-corrected chi connectivity index (χ1v) is 5.46. The number of amidine groups is 1. The summed E-state index contributed by atoms with van der Waals surface area (Å²) in [7, 11) is 0. The van der Waals surface area contributed by atoms with Crippen LogP contribution >= 0.6 is 0 Å². The summed E-state index contributed by atoms with van der Waals surface area (Å²) in [6.07, 6.45) is 0. The van der Waals surface area contributed by atoms with E-state index in [0.717, 1.165) is 5.56 Å². The van der Waals surface area contributed by atoms with Crippen LogP contribution in [0.2, 0.25) is 0 Å². The number of hydrogen-bond donors (Lipinski definition) is 1. The molecule has 1 aromatic carbocycles. The third kappa shape index (κ3) is 2.82. The van der Waals surface area contributed by atoms with Crippen molar-refractivity contribution in [3.8, 4) is 0 Å². The lowest BCUT2D eigenvalue weighted by Gasteiger charge is -2.33. The highest BCUT2D eigenvalue weighted by Gasteiger charge is 2.17. The molecule has 0 fully saturated rings. The predicted molar refractivity (Wildman–Crippen MR) is 65.4 cm³/mol. The minimum atomic E-state index is 0.359. The molecule has 0 saturated carbocycles. The fourth-order valence-electron chi connectivity index (χ4n) is 1.86. The van der Waals surface area contributed by atoms with Crippen LogP contribution in [0.3, 0.4) is 0 Å². The highest BCUT2D eigenvalue weighted by atomic mass is 15.2. The van der Waals surface area contributed by atoms with Crippen LogP contribution in [-0.2, 0) is 0 Å². The van der Waals surface area contributed by atoms with E-state index in [9.17, 15) is 0 Å². The number of hydrogen-bond acceptors (Lipinski definition) is 1. The second kappa shape index (κ2) is 4.96. The van der Waals surface area contributed by atoms with Crippen LogP contribution in [0.5, 0.6) is 0 Å².